The molecule has 80 valence electrons. The van der Waals surface area contributed by atoms with Crippen molar-refractivity contribution < 1.29 is 14.7 Å². The molecule has 0 saturated heterocycles. The number of benzene rings is 1. The van der Waals surface area contributed by atoms with Crippen LogP contribution in [0.15, 0.2) is 22.7 Å². The van der Waals surface area contributed by atoms with Crippen molar-refractivity contribution >= 4 is 27.7 Å². The molecule has 4 heteroatoms. The van der Waals surface area contributed by atoms with Gasteiger partial charge in [0.15, 0.2) is 0 Å². The van der Waals surface area contributed by atoms with E-state index in [0.29, 0.717) is 5.56 Å². The summed E-state index contributed by atoms with van der Waals surface area (Å²) in [6, 6.07) is 5.30. The van der Waals surface area contributed by atoms with Gasteiger partial charge in [0, 0.05) is 10.9 Å². The Bertz CT molecular complexity index is 399. The van der Waals surface area contributed by atoms with Crippen LogP contribution >= 0.6 is 15.9 Å². The van der Waals surface area contributed by atoms with Crippen LogP contribution in [-0.2, 0) is 22.4 Å². The van der Waals surface area contributed by atoms with E-state index < -0.39 is 5.97 Å². The summed E-state index contributed by atoms with van der Waals surface area (Å²) in [5.74, 6) is -0.859. The molecule has 0 heterocycles. The lowest BCUT2D eigenvalue weighted by Gasteiger charge is -2.06. The summed E-state index contributed by atoms with van der Waals surface area (Å²) in [5.41, 5.74) is 1.47. The second-order valence-corrected chi connectivity index (χ2v) is 4.28. The van der Waals surface area contributed by atoms with E-state index in [2.05, 4.69) is 15.9 Å². The van der Waals surface area contributed by atoms with E-state index >= 15 is 0 Å². The largest absolute Gasteiger partial charge is 0.481 e. The molecule has 1 aromatic carbocycles. The van der Waals surface area contributed by atoms with Crippen molar-refractivity contribution in [2.75, 3.05) is 0 Å². The Labute approximate surface area is 96.2 Å². The van der Waals surface area contributed by atoms with Crippen LogP contribution in [0.4, 0.5) is 0 Å². The molecule has 1 N–H and O–H groups in total. The van der Waals surface area contributed by atoms with Gasteiger partial charge in [-0.1, -0.05) is 22.0 Å². The predicted octanol–water partition coefficient (Wildman–Crippen LogP) is 2.21. The minimum atomic E-state index is -0.887. The van der Waals surface area contributed by atoms with Crippen LogP contribution in [0.3, 0.4) is 0 Å². The number of hydrogen-bond acceptors (Lipinski definition) is 2. The van der Waals surface area contributed by atoms with Crippen LogP contribution in [0.5, 0.6) is 0 Å². The number of carboxylic acid groups (broad SMARTS) is 1. The second kappa shape index (κ2) is 5.07. The molecule has 0 amide bonds. The second-order valence-electron chi connectivity index (χ2n) is 3.36. The third kappa shape index (κ3) is 3.83. The van der Waals surface area contributed by atoms with E-state index in [1.165, 1.54) is 6.92 Å². The number of ketones is 1. The van der Waals surface area contributed by atoms with Gasteiger partial charge in [-0.25, -0.2) is 0 Å². The Kier molecular flexibility index (Phi) is 4.03. The zero-order valence-electron chi connectivity index (χ0n) is 8.29. The van der Waals surface area contributed by atoms with Crippen molar-refractivity contribution in [3.05, 3.63) is 33.8 Å². The molecule has 0 bridgehead atoms. The van der Waals surface area contributed by atoms with Crippen molar-refractivity contribution in [3.63, 3.8) is 0 Å². The minimum absolute atomic E-state index is 0.0275. The molecule has 0 radical (unpaired) electrons. The number of carbonyl (C=O) groups excluding carboxylic acids is 1. The standard InChI is InChI=1S/C11H11BrO3/c1-7(13)4-9-5-10(12)3-2-8(9)6-11(14)15/h2-3,5H,4,6H2,1H3,(H,14,15). The first-order chi connectivity index (χ1) is 6.99. The maximum Gasteiger partial charge on any atom is 0.307 e. The molecule has 0 spiro atoms. The lowest BCUT2D eigenvalue weighted by molar-refractivity contribution is -0.136. The molecule has 1 rings (SSSR count). The molecular weight excluding hydrogens is 260 g/mol. The molecular formula is C11H11BrO3. The first-order valence-electron chi connectivity index (χ1n) is 4.47. The highest BCUT2D eigenvalue weighted by atomic mass is 79.9. The monoisotopic (exact) mass is 270 g/mol. The summed E-state index contributed by atoms with van der Waals surface area (Å²) >= 11 is 3.29. The highest BCUT2D eigenvalue weighted by Gasteiger charge is 2.08. The van der Waals surface area contributed by atoms with Gasteiger partial charge in [-0.15, -0.1) is 0 Å². The fourth-order valence-corrected chi connectivity index (χ4v) is 1.77. The summed E-state index contributed by atoms with van der Waals surface area (Å²) in [5, 5.41) is 8.70. The van der Waals surface area contributed by atoms with Crippen molar-refractivity contribution in [3.8, 4) is 0 Å². The molecule has 1 aromatic rings. The van der Waals surface area contributed by atoms with Crippen molar-refractivity contribution in [2.24, 2.45) is 0 Å². The van der Waals surface area contributed by atoms with E-state index in [-0.39, 0.29) is 18.6 Å². The maximum absolute atomic E-state index is 11.0. The summed E-state index contributed by atoms with van der Waals surface area (Å²) in [4.78, 5) is 21.6. The van der Waals surface area contributed by atoms with Gasteiger partial charge in [-0.2, -0.15) is 0 Å². The Morgan fingerprint density at radius 1 is 1.27 bits per heavy atom. The average Bonchev–Trinajstić information content (AvgIpc) is 2.08. The minimum Gasteiger partial charge on any atom is -0.481 e. The van der Waals surface area contributed by atoms with Gasteiger partial charge in [0.05, 0.1) is 6.42 Å². The number of halogens is 1. The smallest absolute Gasteiger partial charge is 0.307 e. The van der Waals surface area contributed by atoms with E-state index in [9.17, 15) is 9.59 Å². The molecule has 3 nitrogen and oxygen atoms in total. The topological polar surface area (TPSA) is 54.4 Å². The number of carboxylic acids is 1. The van der Waals surface area contributed by atoms with Gasteiger partial charge in [0.2, 0.25) is 0 Å². The van der Waals surface area contributed by atoms with Crippen molar-refractivity contribution in [2.45, 2.75) is 19.8 Å². The first kappa shape index (κ1) is 11.9. The van der Waals surface area contributed by atoms with Crippen LogP contribution in [-0.4, -0.2) is 16.9 Å². The van der Waals surface area contributed by atoms with E-state index in [1.54, 1.807) is 18.2 Å². The molecule has 0 unspecified atom stereocenters. The highest BCUT2D eigenvalue weighted by molar-refractivity contribution is 9.10. The number of Topliss-reactive ketones (excluding diaryl/α,β-unsaturated/α-hetero) is 1. The molecule has 15 heavy (non-hydrogen) atoms. The molecule has 0 atom stereocenters. The number of hydrogen-bond donors (Lipinski definition) is 1. The Balaban J connectivity index is 3.02. The fraction of sp³-hybridized carbons (Fsp3) is 0.273. The third-order valence-corrected chi connectivity index (χ3v) is 2.44. The van der Waals surface area contributed by atoms with Gasteiger partial charge in [0.1, 0.15) is 5.78 Å². The van der Waals surface area contributed by atoms with E-state index in [4.69, 9.17) is 5.11 Å². The fourth-order valence-electron chi connectivity index (χ4n) is 1.36. The zero-order valence-corrected chi connectivity index (χ0v) is 9.87. The quantitative estimate of drug-likeness (QED) is 0.913. The maximum atomic E-state index is 11.0. The Hall–Kier alpha value is -1.16. The Morgan fingerprint density at radius 3 is 2.47 bits per heavy atom. The number of carbonyl (C=O) groups is 2. The summed E-state index contributed by atoms with van der Waals surface area (Å²) in [7, 11) is 0. The molecule has 0 fully saturated rings. The van der Waals surface area contributed by atoms with E-state index in [1.807, 2.05) is 0 Å². The third-order valence-electron chi connectivity index (χ3n) is 1.95. The van der Waals surface area contributed by atoms with Crippen LogP contribution < -0.4 is 0 Å². The van der Waals surface area contributed by atoms with Crippen molar-refractivity contribution in [1.82, 2.24) is 0 Å². The van der Waals surface area contributed by atoms with Gasteiger partial charge in [-0.3, -0.25) is 9.59 Å². The highest BCUT2D eigenvalue weighted by Crippen LogP contribution is 2.18. The van der Waals surface area contributed by atoms with Crippen LogP contribution in [0.1, 0.15) is 18.1 Å². The molecule has 0 saturated carbocycles. The van der Waals surface area contributed by atoms with Gasteiger partial charge >= 0.3 is 5.97 Å². The SMILES string of the molecule is CC(=O)Cc1cc(Br)ccc1CC(=O)O. The predicted molar refractivity (Wildman–Crippen MR) is 59.9 cm³/mol. The van der Waals surface area contributed by atoms with Crippen LogP contribution in [0, 0.1) is 0 Å². The van der Waals surface area contributed by atoms with Gasteiger partial charge in [-0.05, 0) is 30.2 Å². The first-order valence-corrected chi connectivity index (χ1v) is 5.27. The number of rotatable bonds is 4. The van der Waals surface area contributed by atoms with Crippen LogP contribution in [0.2, 0.25) is 0 Å². The molecule has 0 aliphatic carbocycles. The lowest BCUT2D eigenvalue weighted by atomic mass is 10.0. The van der Waals surface area contributed by atoms with Gasteiger partial charge in [0.25, 0.3) is 0 Å². The Morgan fingerprint density at radius 2 is 1.93 bits per heavy atom. The lowest BCUT2D eigenvalue weighted by Crippen LogP contribution is -2.06. The molecule has 0 aliphatic rings. The normalized spacial score (nSPS) is 10.0. The van der Waals surface area contributed by atoms with Crippen molar-refractivity contribution in [1.29, 1.82) is 0 Å². The van der Waals surface area contributed by atoms with Crippen LogP contribution in [0.25, 0.3) is 0 Å². The zero-order chi connectivity index (χ0) is 11.4. The molecule has 0 aliphatic heterocycles. The van der Waals surface area contributed by atoms with Gasteiger partial charge < -0.3 is 5.11 Å². The summed E-state index contributed by atoms with van der Waals surface area (Å²) in [6.45, 7) is 1.49. The number of aliphatic carboxylic acids is 1. The summed E-state index contributed by atoms with van der Waals surface area (Å²) < 4.78 is 0.855. The van der Waals surface area contributed by atoms with E-state index in [0.717, 1.165) is 10.0 Å². The summed E-state index contributed by atoms with van der Waals surface area (Å²) in [6.07, 6.45) is 0.234. The average molecular weight is 271 g/mol. The molecule has 0 aromatic heterocycles.